The van der Waals surface area contributed by atoms with Crippen LogP contribution in [0.3, 0.4) is 0 Å². The lowest BCUT2D eigenvalue weighted by Crippen LogP contribution is -2.36. The molecule has 1 aliphatic heterocycles. The van der Waals surface area contributed by atoms with Crippen LogP contribution in [-0.4, -0.2) is 48.0 Å². The number of guanidine groups is 1. The summed E-state index contributed by atoms with van der Waals surface area (Å²) in [6.45, 7) is 0.830. The Bertz CT molecular complexity index is 779. The van der Waals surface area contributed by atoms with Crippen LogP contribution < -0.4 is 27.1 Å². The molecule has 172 valence electrons. The van der Waals surface area contributed by atoms with Gasteiger partial charge in [0.2, 0.25) is 11.8 Å². The van der Waals surface area contributed by atoms with Crippen molar-refractivity contribution in [3.05, 3.63) is 40.2 Å². The molecule has 2 atom stereocenters. The molecule has 1 heterocycles. The molecule has 0 bridgehead atoms. The number of hydrogen-bond donors (Lipinski definition) is 5. The molecule has 0 unspecified atom stereocenters. The molecule has 13 heteroatoms. The molecule has 0 spiro atoms. The number of carbonyl (C=O) groups is 2. The van der Waals surface area contributed by atoms with Crippen LogP contribution in [-0.2, 0) is 9.59 Å². The van der Waals surface area contributed by atoms with Crippen LogP contribution in [0.5, 0.6) is 0 Å². The van der Waals surface area contributed by atoms with Gasteiger partial charge in [0.15, 0.2) is 5.03 Å². The van der Waals surface area contributed by atoms with E-state index in [0.29, 0.717) is 44.5 Å². The lowest BCUT2D eigenvalue weighted by molar-refractivity contribution is -0.525. The van der Waals surface area contributed by atoms with Gasteiger partial charge in [-0.2, -0.15) is 0 Å². The minimum Gasteiger partial charge on any atom is -0.365 e. The van der Waals surface area contributed by atoms with E-state index in [1.54, 1.807) is 5.43 Å². The summed E-state index contributed by atoms with van der Waals surface area (Å²) in [5.74, 6) is -0.952. The lowest BCUT2D eigenvalue weighted by atomic mass is 10.1. The van der Waals surface area contributed by atoms with E-state index in [1.165, 1.54) is 24.3 Å². The van der Waals surface area contributed by atoms with E-state index in [2.05, 4.69) is 20.9 Å². The molecule has 31 heavy (non-hydrogen) atoms. The number of benzene rings is 1. The van der Waals surface area contributed by atoms with Crippen LogP contribution >= 0.6 is 12.4 Å². The maximum atomic E-state index is 12.9. The van der Waals surface area contributed by atoms with E-state index in [4.69, 9.17) is 5.73 Å². The normalized spacial score (nSPS) is 18.0. The van der Waals surface area contributed by atoms with Crippen LogP contribution in [0.4, 0.5) is 10.1 Å². The fourth-order valence-electron chi connectivity index (χ4n) is 3.01. The van der Waals surface area contributed by atoms with Crippen LogP contribution in [0.2, 0.25) is 0 Å². The van der Waals surface area contributed by atoms with Gasteiger partial charge in [-0.05, 0) is 43.5 Å². The molecular weight excluding hydrogens is 433 g/mol. The van der Waals surface area contributed by atoms with Crippen molar-refractivity contribution in [1.29, 1.82) is 0 Å². The SMILES string of the molecule is Cl.NC(=NCCCCCC(=O)N[C@@H]1CN[C@H](C(=O)Nc2ccc(F)cc2)C1)N[N+](=O)[O-]. The first-order valence-electron chi connectivity index (χ1n) is 9.63. The largest absolute Gasteiger partial charge is 0.365 e. The Morgan fingerprint density at radius 2 is 1.97 bits per heavy atom. The highest BCUT2D eigenvalue weighted by Gasteiger charge is 2.30. The number of nitro groups is 1. The molecular formula is C18H27ClFN7O4. The topological polar surface area (TPSA) is 164 Å². The number of hydrazine groups is 1. The monoisotopic (exact) mass is 459 g/mol. The van der Waals surface area contributed by atoms with Crippen molar-refractivity contribution >= 4 is 35.9 Å². The Hall–Kier alpha value is -2.99. The summed E-state index contributed by atoms with van der Waals surface area (Å²) >= 11 is 0. The molecule has 0 aliphatic carbocycles. The van der Waals surface area contributed by atoms with Crippen molar-refractivity contribution < 1.29 is 19.0 Å². The maximum absolute atomic E-state index is 12.9. The first-order valence-corrected chi connectivity index (χ1v) is 9.63. The molecule has 0 saturated carbocycles. The number of rotatable bonds is 10. The molecule has 1 aromatic carbocycles. The molecule has 1 aliphatic rings. The minimum atomic E-state index is -0.780. The summed E-state index contributed by atoms with van der Waals surface area (Å²) in [4.78, 5) is 38.3. The number of anilines is 1. The fourth-order valence-corrected chi connectivity index (χ4v) is 3.01. The summed E-state index contributed by atoms with van der Waals surface area (Å²) in [5.41, 5.74) is 7.56. The number of hydrogen-bond acceptors (Lipinski definition) is 6. The third-order valence-electron chi connectivity index (χ3n) is 4.47. The highest BCUT2D eigenvalue weighted by molar-refractivity contribution is 5.95. The number of nitrogens with one attached hydrogen (secondary N) is 4. The Kier molecular flexibility index (Phi) is 11.2. The Labute approximate surface area is 185 Å². The quantitative estimate of drug-likeness (QED) is 0.113. The highest BCUT2D eigenvalue weighted by atomic mass is 35.5. The van der Waals surface area contributed by atoms with Crippen molar-refractivity contribution in [1.82, 2.24) is 16.1 Å². The van der Waals surface area contributed by atoms with E-state index in [9.17, 15) is 24.1 Å². The zero-order chi connectivity index (χ0) is 21.9. The second-order valence-corrected chi connectivity index (χ2v) is 6.90. The smallest absolute Gasteiger partial charge is 0.251 e. The van der Waals surface area contributed by atoms with Gasteiger partial charge < -0.3 is 21.7 Å². The number of nitrogens with two attached hydrogens (primary N) is 1. The average molecular weight is 460 g/mol. The third-order valence-corrected chi connectivity index (χ3v) is 4.47. The second-order valence-electron chi connectivity index (χ2n) is 6.90. The van der Waals surface area contributed by atoms with Gasteiger partial charge >= 0.3 is 0 Å². The Balaban J connectivity index is 0.00000480. The van der Waals surface area contributed by atoms with E-state index in [-0.39, 0.29) is 42.0 Å². The number of unbranched alkanes of at least 4 members (excludes halogenated alkanes) is 2. The average Bonchev–Trinajstić information content (AvgIpc) is 3.14. The van der Waals surface area contributed by atoms with Crippen LogP contribution in [0.1, 0.15) is 32.1 Å². The number of halogens is 2. The predicted molar refractivity (Wildman–Crippen MR) is 116 cm³/mol. The van der Waals surface area contributed by atoms with Gasteiger partial charge in [0.05, 0.1) is 6.04 Å². The van der Waals surface area contributed by atoms with E-state index in [1.807, 2.05) is 0 Å². The van der Waals surface area contributed by atoms with Crippen molar-refractivity contribution in [2.24, 2.45) is 10.7 Å². The zero-order valence-corrected chi connectivity index (χ0v) is 17.6. The Morgan fingerprint density at radius 3 is 2.65 bits per heavy atom. The summed E-state index contributed by atoms with van der Waals surface area (Å²) in [7, 11) is 0. The summed E-state index contributed by atoms with van der Waals surface area (Å²) in [5, 5.41) is 18.1. The number of amides is 2. The number of nitrogens with zero attached hydrogens (tertiary/aromatic N) is 2. The van der Waals surface area contributed by atoms with Crippen LogP contribution in [0.25, 0.3) is 0 Å². The summed E-state index contributed by atoms with van der Waals surface area (Å²) in [6.07, 6.45) is 2.85. The number of aliphatic imine (C=N–C) groups is 1. The van der Waals surface area contributed by atoms with Crippen molar-refractivity contribution in [2.75, 3.05) is 18.4 Å². The fraction of sp³-hybridized carbons (Fsp3) is 0.500. The second kappa shape index (κ2) is 13.3. The molecule has 1 fully saturated rings. The van der Waals surface area contributed by atoms with E-state index >= 15 is 0 Å². The summed E-state index contributed by atoms with van der Waals surface area (Å²) in [6, 6.07) is 4.94. The number of carbonyl (C=O) groups excluding carboxylic acids is 2. The Morgan fingerprint density at radius 1 is 1.26 bits per heavy atom. The minimum absolute atomic E-state index is 0. The highest BCUT2D eigenvalue weighted by Crippen LogP contribution is 2.13. The predicted octanol–water partition coefficient (Wildman–Crippen LogP) is 0.689. The molecule has 11 nitrogen and oxygen atoms in total. The van der Waals surface area contributed by atoms with Gasteiger partial charge in [-0.25, -0.2) is 19.5 Å². The summed E-state index contributed by atoms with van der Waals surface area (Å²) < 4.78 is 12.9. The molecule has 1 saturated heterocycles. The van der Waals surface area contributed by atoms with Crippen molar-refractivity contribution in [2.45, 2.75) is 44.2 Å². The molecule has 1 aromatic rings. The molecule has 6 N–H and O–H groups in total. The zero-order valence-electron chi connectivity index (χ0n) is 16.8. The maximum Gasteiger partial charge on any atom is 0.251 e. The lowest BCUT2D eigenvalue weighted by Gasteiger charge is -2.13. The van der Waals surface area contributed by atoms with Gasteiger partial charge in [0, 0.05) is 31.2 Å². The van der Waals surface area contributed by atoms with Crippen molar-refractivity contribution in [3.63, 3.8) is 0 Å². The van der Waals surface area contributed by atoms with Gasteiger partial charge in [0.25, 0.3) is 5.96 Å². The van der Waals surface area contributed by atoms with Gasteiger partial charge in [-0.3, -0.25) is 9.59 Å². The van der Waals surface area contributed by atoms with E-state index < -0.39 is 11.1 Å². The van der Waals surface area contributed by atoms with Crippen LogP contribution in [0.15, 0.2) is 29.3 Å². The van der Waals surface area contributed by atoms with E-state index in [0.717, 1.165) is 6.42 Å². The first-order chi connectivity index (χ1) is 14.3. The molecule has 0 radical (unpaired) electrons. The molecule has 0 aromatic heterocycles. The third kappa shape index (κ3) is 10.0. The molecule has 2 rings (SSSR count). The van der Waals surface area contributed by atoms with Gasteiger partial charge in [-0.15, -0.1) is 12.4 Å². The first kappa shape index (κ1) is 26.0. The molecule has 2 amide bonds. The van der Waals surface area contributed by atoms with Gasteiger partial charge in [-0.1, -0.05) is 11.8 Å². The standard InChI is InChI=1S/C18H26FN7O4.ClH/c19-12-5-7-13(8-6-12)24-17(28)15-10-14(11-22-15)23-16(27)4-2-1-3-9-21-18(20)25-26(29)30;/h5-8,14-15,22H,1-4,9-11H2,(H,23,27)(H,24,28)(H3,20,21,25);1H/t14-,15-;/m0./s1. The van der Waals surface area contributed by atoms with Crippen molar-refractivity contribution in [3.8, 4) is 0 Å². The van der Waals surface area contributed by atoms with Gasteiger partial charge in [0.1, 0.15) is 5.82 Å². The van der Waals surface area contributed by atoms with Crippen LogP contribution in [0, 0.1) is 15.9 Å².